The van der Waals surface area contributed by atoms with Crippen LogP contribution in [0.2, 0.25) is 5.02 Å². The van der Waals surface area contributed by atoms with Gasteiger partial charge < -0.3 is 5.73 Å². The van der Waals surface area contributed by atoms with E-state index in [-0.39, 0.29) is 5.78 Å². The molecule has 4 rings (SSSR count). The molecule has 6 heteroatoms. The third-order valence-corrected chi connectivity index (χ3v) is 5.66. The molecule has 1 heterocycles. The first-order chi connectivity index (χ1) is 14.0. The van der Waals surface area contributed by atoms with Gasteiger partial charge in [-0.15, -0.1) is 0 Å². The number of halogens is 1. The normalized spacial score (nSPS) is 19.1. The fraction of sp³-hybridized carbons (Fsp3) is 0.217. The molecule has 0 radical (unpaired) electrons. The van der Waals surface area contributed by atoms with Crippen LogP contribution in [0.1, 0.15) is 36.3 Å². The number of aryl methyl sites for hydroxylation is 1. The topological polar surface area (TPSA) is 82.2 Å². The number of hydrogen-bond donors (Lipinski definition) is 2. The van der Waals surface area contributed by atoms with Crippen molar-refractivity contribution in [2.45, 2.75) is 32.1 Å². The average molecular weight is 405 g/mol. The number of nitriles is 1. The number of carbonyl (C=O) groups excluding carboxylic acids is 1. The number of hydrogen-bond acceptors (Lipinski definition) is 5. The first kappa shape index (κ1) is 19.1. The van der Waals surface area contributed by atoms with Crippen LogP contribution >= 0.6 is 11.6 Å². The summed E-state index contributed by atoms with van der Waals surface area (Å²) in [5, 5.41) is 12.3. The zero-order valence-electron chi connectivity index (χ0n) is 16.1. The number of benzene rings is 2. The zero-order chi connectivity index (χ0) is 20.5. The van der Waals surface area contributed by atoms with Gasteiger partial charge >= 0.3 is 0 Å². The van der Waals surface area contributed by atoms with E-state index in [1.54, 1.807) is 17.1 Å². The standard InChI is InChI=1S/C23H21ClN4O/c1-14-5-11-17(12-6-14)27-28-19-3-2-4-20(29)22(19)21(18(13-25)23(28)26)15-7-9-16(24)10-8-15/h5-12,21,27H,2-4,26H2,1H3/t21-/m0/s1. The van der Waals surface area contributed by atoms with Gasteiger partial charge in [-0.05, 0) is 49.6 Å². The molecule has 0 aromatic heterocycles. The Morgan fingerprint density at radius 2 is 1.83 bits per heavy atom. The number of Topliss-reactive ketones (excluding diaryl/α,β-unsaturated/α-hetero) is 1. The number of nitrogens with zero attached hydrogens (tertiary/aromatic N) is 2. The van der Waals surface area contributed by atoms with Gasteiger partial charge in [0, 0.05) is 22.7 Å². The highest BCUT2D eigenvalue weighted by atomic mass is 35.5. The molecule has 1 atom stereocenters. The lowest BCUT2D eigenvalue weighted by atomic mass is 9.76. The largest absolute Gasteiger partial charge is 0.383 e. The van der Waals surface area contributed by atoms with Gasteiger partial charge in [-0.1, -0.05) is 41.4 Å². The first-order valence-electron chi connectivity index (χ1n) is 9.54. The number of nitrogens with one attached hydrogen (secondary N) is 1. The van der Waals surface area contributed by atoms with Crippen molar-refractivity contribution in [3.8, 4) is 6.07 Å². The summed E-state index contributed by atoms with van der Waals surface area (Å²) in [5.41, 5.74) is 14.4. The van der Waals surface area contributed by atoms with Crippen LogP contribution in [-0.2, 0) is 4.79 Å². The fourth-order valence-electron chi connectivity index (χ4n) is 3.96. The number of allylic oxidation sites excluding steroid dienone is 3. The van der Waals surface area contributed by atoms with Gasteiger partial charge in [0.15, 0.2) is 5.78 Å². The minimum absolute atomic E-state index is 0.0576. The van der Waals surface area contributed by atoms with Crippen LogP contribution in [0.4, 0.5) is 5.69 Å². The second-order valence-corrected chi connectivity index (χ2v) is 7.78. The summed E-state index contributed by atoms with van der Waals surface area (Å²) in [5.74, 6) is -0.0974. The zero-order valence-corrected chi connectivity index (χ0v) is 16.8. The highest BCUT2D eigenvalue weighted by Gasteiger charge is 2.40. The Morgan fingerprint density at radius 1 is 1.14 bits per heavy atom. The van der Waals surface area contributed by atoms with Gasteiger partial charge in [-0.3, -0.25) is 10.2 Å². The quantitative estimate of drug-likeness (QED) is 0.769. The van der Waals surface area contributed by atoms with Crippen LogP contribution in [-0.4, -0.2) is 10.8 Å². The Bertz CT molecular complexity index is 1060. The van der Waals surface area contributed by atoms with E-state index in [9.17, 15) is 10.1 Å². The molecule has 5 nitrogen and oxygen atoms in total. The second kappa shape index (κ2) is 7.65. The van der Waals surface area contributed by atoms with E-state index in [0.29, 0.717) is 34.8 Å². The molecule has 0 saturated carbocycles. The molecule has 0 unspecified atom stereocenters. The predicted molar refractivity (Wildman–Crippen MR) is 114 cm³/mol. The molecule has 29 heavy (non-hydrogen) atoms. The first-order valence-corrected chi connectivity index (χ1v) is 9.92. The van der Waals surface area contributed by atoms with Crippen molar-refractivity contribution in [3.05, 3.63) is 87.3 Å². The van der Waals surface area contributed by atoms with Crippen LogP contribution in [0, 0.1) is 18.3 Å². The van der Waals surface area contributed by atoms with Gasteiger partial charge in [0.2, 0.25) is 0 Å². The van der Waals surface area contributed by atoms with E-state index in [2.05, 4.69) is 11.5 Å². The molecule has 0 amide bonds. The molecule has 0 bridgehead atoms. The molecule has 146 valence electrons. The Balaban J connectivity index is 1.84. The lowest BCUT2D eigenvalue weighted by Crippen LogP contribution is -2.41. The smallest absolute Gasteiger partial charge is 0.161 e. The molecule has 2 aliphatic rings. The van der Waals surface area contributed by atoms with E-state index in [4.69, 9.17) is 17.3 Å². The lowest BCUT2D eigenvalue weighted by molar-refractivity contribution is -0.116. The van der Waals surface area contributed by atoms with E-state index in [0.717, 1.165) is 28.9 Å². The molecule has 0 fully saturated rings. The number of rotatable bonds is 3. The molecule has 1 aliphatic heterocycles. The van der Waals surface area contributed by atoms with Gasteiger partial charge in [0.25, 0.3) is 0 Å². The maximum atomic E-state index is 13.0. The molecule has 3 N–H and O–H groups in total. The molecule has 2 aromatic carbocycles. The molecule has 2 aromatic rings. The second-order valence-electron chi connectivity index (χ2n) is 7.35. The van der Waals surface area contributed by atoms with Crippen LogP contribution in [0.15, 0.2) is 71.2 Å². The van der Waals surface area contributed by atoms with Gasteiger partial charge in [0.05, 0.1) is 23.2 Å². The van der Waals surface area contributed by atoms with Crippen molar-refractivity contribution in [2.75, 3.05) is 5.43 Å². The number of nitrogens with two attached hydrogens (primary N) is 1. The SMILES string of the molecule is Cc1ccc(NN2C(N)=C(C#N)[C@H](c3ccc(Cl)cc3)C3=C2CCCC3=O)cc1. The van der Waals surface area contributed by atoms with Crippen LogP contribution in [0.3, 0.4) is 0 Å². The van der Waals surface area contributed by atoms with Crippen LogP contribution in [0.5, 0.6) is 0 Å². The minimum Gasteiger partial charge on any atom is -0.383 e. The molecular formula is C23H21ClN4O. The number of carbonyl (C=O) groups is 1. The third kappa shape index (κ3) is 3.48. The van der Waals surface area contributed by atoms with Gasteiger partial charge in [-0.25, -0.2) is 5.01 Å². The number of anilines is 1. The van der Waals surface area contributed by atoms with Crippen LogP contribution < -0.4 is 11.2 Å². The van der Waals surface area contributed by atoms with Crippen molar-refractivity contribution < 1.29 is 4.79 Å². The predicted octanol–water partition coefficient (Wildman–Crippen LogP) is 4.78. The van der Waals surface area contributed by atoms with E-state index in [1.807, 2.05) is 43.3 Å². The summed E-state index contributed by atoms with van der Waals surface area (Å²) in [6.07, 6.45) is 1.94. The Labute approximate surface area is 175 Å². The fourth-order valence-corrected chi connectivity index (χ4v) is 4.09. The maximum absolute atomic E-state index is 13.0. The molecule has 1 aliphatic carbocycles. The summed E-state index contributed by atoms with van der Waals surface area (Å²) in [6.45, 7) is 2.02. The summed E-state index contributed by atoms with van der Waals surface area (Å²) in [6, 6.07) is 17.4. The Hall–Kier alpha value is -3.23. The monoisotopic (exact) mass is 404 g/mol. The van der Waals surface area contributed by atoms with Crippen molar-refractivity contribution in [2.24, 2.45) is 5.73 Å². The highest BCUT2D eigenvalue weighted by molar-refractivity contribution is 6.30. The number of ketones is 1. The molecule has 0 saturated heterocycles. The van der Waals surface area contributed by atoms with E-state index in [1.165, 1.54) is 0 Å². The summed E-state index contributed by atoms with van der Waals surface area (Å²) in [4.78, 5) is 13.0. The Kier molecular flexibility index (Phi) is 5.04. The minimum atomic E-state index is -0.476. The maximum Gasteiger partial charge on any atom is 0.161 e. The van der Waals surface area contributed by atoms with Crippen molar-refractivity contribution in [1.29, 1.82) is 5.26 Å². The third-order valence-electron chi connectivity index (χ3n) is 5.41. The van der Waals surface area contributed by atoms with Crippen molar-refractivity contribution in [3.63, 3.8) is 0 Å². The van der Waals surface area contributed by atoms with E-state index < -0.39 is 5.92 Å². The average Bonchev–Trinajstić information content (AvgIpc) is 2.72. The Morgan fingerprint density at radius 3 is 2.48 bits per heavy atom. The highest BCUT2D eigenvalue weighted by Crippen LogP contribution is 2.44. The summed E-state index contributed by atoms with van der Waals surface area (Å²) < 4.78 is 0. The van der Waals surface area contributed by atoms with E-state index >= 15 is 0 Å². The molecule has 0 spiro atoms. The lowest BCUT2D eigenvalue weighted by Gasteiger charge is -2.39. The van der Waals surface area contributed by atoms with Gasteiger partial charge in [-0.2, -0.15) is 5.26 Å². The van der Waals surface area contributed by atoms with Crippen LogP contribution in [0.25, 0.3) is 0 Å². The van der Waals surface area contributed by atoms with Crippen molar-refractivity contribution in [1.82, 2.24) is 5.01 Å². The summed E-state index contributed by atoms with van der Waals surface area (Å²) >= 11 is 6.04. The van der Waals surface area contributed by atoms with Gasteiger partial charge in [0.1, 0.15) is 5.82 Å². The van der Waals surface area contributed by atoms with Crippen molar-refractivity contribution >= 4 is 23.1 Å². The molecular weight excluding hydrogens is 384 g/mol. The summed E-state index contributed by atoms with van der Waals surface area (Å²) in [7, 11) is 0. The number of hydrazine groups is 1.